The van der Waals surface area contributed by atoms with Gasteiger partial charge in [0.1, 0.15) is 12.2 Å². The third-order valence-electron chi connectivity index (χ3n) is 4.91. The van der Waals surface area contributed by atoms with Crippen LogP contribution in [0.5, 0.6) is 0 Å². The lowest BCUT2D eigenvalue weighted by Gasteiger charge is -2.22. The Labute approximate surface area is 209 Å². The van der Waals surface area contributed by atoms with Gasteiger partial charge in [0, 0.05) is 6.54 Å². The largest absolute Gasteiger partial charge is 0.445 e. The molecule has 35 heavy (non-hydrogen) atoms. The maximum Gasteiger partial charge on any atom is 0.408 e. The SMILES string of the molecule is CC(C)(C)OC(=O)N[C@H](CCCCNC(=O)OCc1ccccc1)C(=O)c1nc2ccccc2s1. The number of carbonyl (C=O) groups is 3. The molecule has 2 amide bonds. The number of ether oxygens (including phenoxy) is 2. The van der Waals surface area contributed by atoms with E-state index >= 15 is 0 Å². The Hall–Kier alpha value is -3.46. The summed E-state index contributed by atoms with van der Waals surface area (Å²) in [6.07, 6.45) is 0.438. The summed E-state index contributed by atoms with van der Waals surface area (Å²) in [5.41, 5.74) is 0.972. The smallest absolute Gasteiger partial charge is 0.408 e. The minimum absolute atomic E-state index is 0.200. The molecule has 0 aliphatic heterocycles. The van der Waals surface area contributed by atoms with Crippen LogP contribution in [0.15, 0.2) is 54.6 Å². The number of benzene rings is 2. The van der Waals surface area contributed by atoms with Crippen LogP contribution in [0, 0.1) is 0 Å². The highest BCUT2D eigenvalue weighted by Gasteiger charge is 2.27. The van der Waals surface area contributed by atoms with E-state index in [0.29, 0.717) is 30.8 Å². The standard InChI is InChI=1S/C26H31N3O5S/c1-26(2,3)34-25(32)29-20(22(30)23-28-19-13-7-8-15-21(19)35-23)14-9-10-16-27-24(31)33-17-18-11-5-4-6-12-18/h4-8,11-13,15,20H,9-10,14,16-17H2,1-3H3,(H,27,31)(H,29,32)/t20-/m1/s1. The number of nitrogens with one attached hydrogen (secondary N) is 2. The van der Waals surface area contributed by atoms with Gasteiger partial charge in [-0.2, -0.15) is 0 Å². The number of para-hydroxylation sites is 1. The number of nitrogens with zero attached hydrogens (tertiary/aromatic N) is 1. The van der Waals surface area contributed by atoms with Crippen LogP contribution >= 0.6 is 11.3 Å². The lowest BCUT2D eigenvalue weighted by Crippen LogP contribution is -2.43. The molecule has 3 aromatic rings. The minimum Gasteiger partial charge on any atom is -0.445 e. The average molecular weight is 498 g/mol. The molecule has 0 radical (unpaired) electrons. The summed E-state index contributed by atoms with van der Waals surface area (Å²) >= 11 is 1.30. The quantitative estimate of drug-likeness (QED) is 0.284. The van der Waals surface area contributed by atoms with Crippen LogP contribution < -0.4 is 10.6 Å². The molecule has 3 rings (SSSR count). The molecular weight excluding hydrogens is 466 g/mol. The van der Waals surface area contributed by atoms with Gasteiger partial charge >= 0.3 is 12.2 Å². The Balaban J connectivity index is 1.51. The highest BCUT2D eigenvalue weighted by molar-refractivity contribution is 7.20. The molecule has 0 bridgehead atoms. The molecular formula is C26H31N3O5S. The number of thiazole rings is 1. The summed E-state index contributed by atoms with van der Waals surface area (Å²) in [6, 6.07) is 16.2. The van der Waals surface area contributed by atoms with E-state index in [1.165, 1.54) is 11.3 Å². The van der Waals surface area contributed by atoms with Gasteiger partial charge in [0.25, 0.3) is 0 Å². The third-order valence-corrected chi connectivity index (χ3v) is 5.96. The molecule has 0 saturated carbocycles. The molecule has 8 nitrogen and oxygen atoms in total. The van der Waals surface area contributed by atoms with Crippen molar-refractivity contribution in [2.24, 2.45) is 0 Å². The number of carbonyl (C=O) groups excluding carboxylic acids is 3. The number of ketones is 1. The first kappa shape index (κ1) is 26.2. The van der Waals surface area contributed by atoms with E-state index < -0.39 is 23.8 Å². The molecule has 1 aromatic heterocycles. The first-order valence-electron chi connectivity index (χ1n) is 11.5. The van der Waals surface area contributed by atoms with Gasteiger partial charge < -0.3 is 20.1 Å². The summed E-state index contributed by atoms with van der Waals surface area (Å²) in [5, 5.41) is 5.75. The van der Waals surface area contributed by atoms with Gasteiger partial charge in [-0.1, -0.05) is 42.5 Å². The number of unbranched alkanes of at least 4 members (excludes halogenated alkanes) is 1. The molecule has 0 fully saturated rings. The fourth-order valence-electron chi connectivity index (χ4n) is 3.28. The van der Waals surface area contributed by atoms with Crippen molar-refractivity contribution < 1.29 is 23.9 Å². The second-order valence-corrected chi connectivity index (χ2v) is 10.1. The highest BCUT2D eigenvalue weighted by atomic mass is 32.1. The van der Waals surface area contributed by atoms with Gasteiger partial charge in [0.05, 0.1) is 16.3 Å². The minimum atomic E-state index is -0.782. The normalized spacial score (nSPS) is 12.1. The fourth-order valence-corrected chi connectivity index (χ4v) is 4.24. The second kappa shape index (κ2) is 12.3. The predicted octanol–water partition coefficient (Wildman–Crippen LogP) is 5.47. The number of fused-ring (bicyclic) bond motifs is 1. The van der Waals surface area contributed by atoms with E-state index in [2.05, 4.69) is 15.6 Å². The maximum atomic E-state index is 13.2. The van der Waals surface area contributed by atoms with Crippen LogP contribution in [0.1, 0.15) is 55.4 Å². The summed E-state index contributed by atoms with van der Waals surface area (Å²) in [4.78, 5) is 41.9. The van der Waals surface area contributed by atoms with Gasteiger partial charge in [-0.15, -0.1) is 11.3 Å². The monoisotopic (exact) mass is 497 g/mol. The third kappa shape index (κ3) is 8.68. The lowest BCUT2D eigenvalue weighted by atomic mass is 10.1. The Morgan fingerprint density at radius 1 is 0.971 bits per heavy atom. The van der Waals surface area contributed by atoms with Gasteiger partial charge in [0.15, 0.2) is 5.01 Å². The molecule has 1 heterocycles. The zero-order valence-corrected chi connectivity index (χ0v) is 21.0. The van der Waals surface area contributed by atoms with Crippen molar-refractivity contribution in [3.63, 3.8) is 0 Å². The fraction of sp³-hybridized carbons (Fsp3) is 0.385. The van der Waals surface area contributed by atoms with Crippen molar-refractivity contribution in [1.82, 2.24) is 15.6 Å². The van der Waals surface area contributed by atoms with E-state index in [-0.39, 0.29) is 12.4 Å². The van der Waals surface area contributed by atoms with Gasteiger partial charge in [-0.25, -0.2) is 14.6 Å². The lowest BCUT2D eigenvalue weighted by molar-refractivity contribution is 0.0488. The highest BCUT2D eigenvalue weighted by Crippen LogP contribution is 2.23. The molecule has 0 aliphatic carbocycles. The van der Waals surface area contributed by atoms with Crippen LogP contribution in [0.4, 0.5) is 9.59 Å². The zero-order chi connectivity index (χ0) is 25.3. The number of aromatic nitrogens is 1. The van der Waals surface area contributed by atoms with Crippen LogP contribution in [0.25, 0.3) is 10.2 Å². The number of Topliss-reactive ketones (excluding diaryl/α,β-unsaturated/α-hetero) is 1. The number of amides is 2. The Morgan fingerprint density at radius 3 is 2.40 bits per heavy atom. The summed E-state index contributed by atoms with van der Waals surface area (Å²) in [5.74, 6) is -0.257. The Kier molecular flexibility index (Phi) is 9.19. The number of hydrogen-bond acceptors (Lipinski definition) is 7. The van der Waals surface area contributed by atoms with Crippen molar-refractivity contribution in [3.8, 4) is 0 Å². The Bertz CT molecular complexity index is 1110. The first-order valence-corrected chi connectivity index (χ1v) is 12.4. The average Bonchev–Trinajstić information content (AvgIpc) is 3.25. The summed E-state index contributed by atoms with van der Waals surface area (Å²) in [7, 11) is 0. The van der Waals surface area contributed by atoms with Crippen molar-refractivity contribution in [3.05, 3.63) is 65.2 Å². The van der Waals surface area contributed by atoms with Crippen LogP contribution in [0.2, 0.25) is 0 Å². The molecule has 2 aromatic carbocycles. The van der Waals surface area contributed by atoms with E-state index in [9.17, 15) is 14.4 Å². The molecule has 0 aliphatic rings. The van der Waals surface area contributed by atoms with Crippen molar-refractivity contribution >= 4 is 39.5 Å². The van der Waals surface area contributed by atoms with E-state index in [4.69, 9.17) is 9.47 Å². The van der Waals surface area contributed by atoms with E-state index in [1.807, 2.05) is 54.6 Å². The molecule has 1 atom stereocenters. The van der Waals surface area contributed by atoms with Crippen LogP contribution in [-0.4, -0.2) is 41.1 Å². The van der Waals surface area contributed by atoms with Crippen LogP contribution in [0.3, 0.4) is 0 Å². The summed E-state index contributed by atoms with van der Waals surface area (Å²) < 4.78 is 11.4. The number of alkyl carbamates (subject to hydrolysis) is 2. The molecule has 186 valence electrons. The number of hydrogen-bond donors (Lipinski definition) is 2. The molecule has 0 spiro atoms. The van der Waals surface area contributed by atoms with Crippen molar-refractivity contribution in [2.45, 2.75) is 58.3 Å². The number of rotatable bonds is 10. The van der Waals surface area contributed by atoms with Gasteiger partial charge in [-0.05, 0) is 57.7 Å². The maximum absolute atomic E-state index is 13.2. The molecule has 0 saturated heterocycles. The summed E-state index contributed by atoms with van der Waals surface area (Å²) in [6.45, 7) is 5.88. The predicted molar refractivity (Wildman–Crippen MR) is 136 cm³/mol. The zero-order valence-electron chi connectivity index (χ0n) is 20.2. The van der Waals surface area contributed by atoms with Gasteiger partial charge in [-0.3, -0.25) is 4.79 Å². The topological polar surface area (TPSA) is 107 Å². The molecule has 2 N–H and O–H groups in total. The second-order valence-electron chi connectivity index (χ2n) is 9.03. The Morgan fingerprint density at radius 2 is 1.69 bits per heavy atom. The van der Waals surface area contributed by atoms with Crippen molar-refractivity contribution in [2.75, 3.05) is 6.54 Å². The van der Waals surface area contributed by atoms with E-state index in [1.54, 1.807) is 20.8 Å². The van der Waals surface area contributed by atoms with Crippen molar-refractivity contribution in [1.29, 1.82) is 0 Å². The molecule has 9 heteroatoms. The van der Waals surface area contributed by atoms with E-state index in [0.717, 1.165) is 15.8 Å². The molecule has 0 unspecified atom stereocenters. The van der Waals surface area contributed by atoms with Gasteiger partial charge in [0.2, 0.25) is 5.78 Å². The van der Waals surface area contributed by atoms with Crippen LogP contribution in [-0.2, 0) is 16.1 Å². The first-order chi connectivity index (χ1) is 16.7.